The number of nitrogens with zero attached hydrogens (tertiary/aromatic N) is 2. The van der Waals surface area contributed by atoms with Crippen LogP contribution in [0.3, 0.4) is 0 Å². The van der Waals surface area contributed by atoms with Crippen LogP contribution in [-0.4, -0.2) is 20.6 Å². The van der Waals surface area contributed by atoms with E-state index in [1.165, 1.54) is 23.6 Å². The first kappa shape index (κ1) is 22.4. The first-order valence-corrected chi connectivity index (χ1v) is 11.9. The fourth-order valence-corrected chi connectivity index (χ4v) is 5.30. The van der Waals surface area contributed by atoms with E-state index in [-0.39, 0.29) is 22.7 Å². The normalized spacial score (nSPS) is 15.2. The number of halogens is 2. The third kappa shape index (κ3) is 4.04. The Balaban J connectivity index is 1.45. The largest absolute Gasteiger partial charge is 0.318 e. The fraction of sp³-hybridized carbons (Fsp3) is 0.111. The van der Waals surface area contributed by atoms with E-state index in [9.17, 15) is 14.0 Å². The minimum atomic E-state index is -0.468. The van der Waals surface area contributed by atoms with E-state index in [2.05, 4.69) is 34.9 Å². The van der Waals surface area contributed by atoms with Crippen LogP contribution in [0.5, 0.6) is 0 Å². The van der Waals surface area contributed by atoms with Crippen molar-refractivity contribution in [1.29, 1.82) is 0 Å². The Kier molecular flexibility index (Phi) is 5.80. The van der Waals surface area contributed by atoms with Crippen molar-refractivity contribution in [3.63, 3.8) is 0 Å². The monoisotopic (exact) mass is 490 g/mol. The minimum absolute atomic E-state index is 0.00275. The van der Waals surface area contributed by atoms with Gasteiger partial charge in [0, 0.05) is 22.1 Å². The summed E-state index contributed by atoms with van der Waals surface area (Å²) in [6.45, 7) is 4.01. The predicted molar refractivity (Wildman–Crippen MR) is 136 cm³/mol. The number of aryl methyl sites for hydroxylation is 1. The first-order chi connectivity index (χ1) is 16.3. The summed E-state index contributed by atoms with van der Waals surface area (Å²) in [4.78, 5) is 27.1. The second-order valence-electron chi connectivity index (χ2n) is 8.20. The quantitative estimate of drug-likeness (QED) is 0.282. The van der Waals surface area contributed by atoms with Gasteiger partial charge in [-0.2, -0.15) is 0 Å². The number of hydrogen-bond acceptors (Lipinski definition) is 3. The van der Waals surface area contributed by atoms with Crippen LogP contribution < -0.4 is 0 Å². The van der Waals surface area contributed by atoms with Crippen LogP contribution in [-0.2, 0) is 11.3 Å². The summed E-state index contributed by atoms with van der Waals surface area (Å²) in [6.07, 6.45) is 1.76. The van der Waals surface area contributed by atoms with Gasteiger partial charge < -0.3 is 4.57 Å². The van der Waals surface area contributed by atoms with E-state index in [4.69, 9.17) is 11.6 Å². The standard InChI is InChI=1S/C27H20ClFN2O2S/c1-16-11-21(17(2)31(16)23-10-8-18-5-3-4-6-19(18)12-23)13-25-26(32)30(27(33)34-25)15-20-7-9-22(29)14-24(20)28/h3-14H,15H2,1-2H3/b25-13-. The Morgan fingerprint density at radius 2 is 1.74 bits per heavy atom. The average Bonchev–Trinajstić information content (AvgIpc) is 3.24. The van der Waals surface area contributed by atoms with Crippen molar-refractivity contribution in [2.45, 2.75) is 20.4 Å². The number of aromatic nitrogens is 1. The number of amides is 2. The molecule has 0 atom stereocenters. The Morgan fingerprint density at radius 3 is 2.50 bits per heavy atom. The van der Waals surface area contributed by atoms with Crippen LogP contribution in [0.4, 0.5) is 9.18 Å². The summed E-state index contributed by atoms with van der Waals surface area (Å²) >= 11 is 6.99. The molecule has 170 valence electrons. The van der Waals surface area contributed by atoms with Crippen molar-refractivity contribution >= 4 is 51.4 Å². The van der Waals surface area contributed by atoms with Crippen molar-refractivity contribution in [2.75, 3.05) is 0 Å². The zero-order chi connectivity index (χ0) is 24.0. The summed E-state index contributed by atoms with van der Waals surface area (Å²) in [6, 6.07) is 20.4. The Morgan fingerprint density at radius 1 is 0.971 bits per heavy atom. The molecule has 34 heavy (non-hydrogen) atoms. The van der Waals surface area contributed by atoms with Crippen LogP contribution in [0, 0.1) is 19.7 Å². The van der Waals surface area contributed by atoms with Crippen LogP contribution >= 0.6 is 23.4 Å². The Labute approximate surface area is 205 Å². The molecule has 7 heteroatoms. The zero-order valence-electron chi connectivity index (χ0n) is 18.5. The predicted octanol–water partition coefficient (Wildman–Crippen LogP) is 7.28. The molecule has 3 aromatic carbocycles. The lowest BCUT2D eigenvalue weighted by atomic mass is 10.1. The second kappa shape index (κ2) is 8.78. The smallest absolute Gasteiger partial charge is 0.293 e. The number of thioether (sulfide) groups is 1. The molecule has 1 aliphatic heterocycles. The van der Waals surface area contributed by atoms with Crippen LogP contribution in [0.15, 0.2) is 71.6 Å². The van der Waals surface area contributed by atoms with Gasteiger partial charge in [0.05, 0.1) is 11.4 Å². The molecule has 0 aliphatic carbocycles. The average molecular weight is 491 g/mol. The highest BCUT2D eigenvalue weighted by molar-refractivity contribution is 8.18. The fourth-order valence-electron chi connectivity index (χ4n) is 4.24. The molecular formula is C27H20ClFN2O2S. The molecule has 4 aromatic rings. The van der Waals surface area contributed by atoms with Crippen LogP contribution in [0.2, 0.25) is 5.02 Å². The third-order valence-electron chi connectivity index (χ3n) is 5.97. The van der Waals surface area contributed by atoms with E-state index < -0.39 is 5.82 Å². The maximum Gasteiger partial charge on any atom is 0.293 e. The van der Waals surface area contributed by atoms with Crippen molar-refractivity contribution in [2.24, 2.45) is 0 Å². The summed E-state index contributed by atoms with van der Waals surface area (Å²) in [5, 5.41) is 2.13. The zero-order valence-corrected chi connectivity index (χ0v) is 20.1. The van der Waals surface area contributed by atoms with Crippen molar-refractivity contribution in [3.05, 3.63) is 105 Å². The van der Waals surface area contributed by atoms with Gasteiger partial charge in [-0.3, -0.25) is 14.5 Å². The van der Waals surface area contributed by atoms with E-state index >= 15 is 0 Å². The highest BCUT2D eigenvalue weighted by Crippen LogP contribution is 2.35. The number of imide groups is 1. The van der Waals surface area contributed by atoms with Gasteiger partial charge in [0.15, 0.2) is 0 Å². The first-order valence-electron chi connectivity index (χ1n) is 10.7. The van der Waals surface area contributed by atoms with Gasteiger partial charge in [0.1, 0.15) is 5.82 Å². The number of fused-ring (bicyclic) bond motifs is 1. The van der Waals surface area contributed by atoms with Gasteiger partial charge in [-0.15, -0.1) is 0 Å². The number of carbonyl (C=O) groups excluding carboxylic acids is 2. The number of benzene rings is 3. The van der Waals surface area contributed by atoms with Gasteiger partial charge in [-0.1, -0.05) is 48.0 Å². The topological polar surface area (TPSA) is 42.3 Å². The lowest BCUT2D eigenvalue weighted by molar-refractivity contribution is -0.123. The van der Waals surface area contributed by atoms with Crippen molar-refractivity contribution in [1.82, 2.24) is 9.47 Å². The third-order valence-corrected chi connectivity index (χ3v) is 7.22. The molecule has 4 nitrogen and oxygen atoms in total. The molecule has 1 fully saturated rings. The molecule has 0 N–H and O–H groups in total. The Bertz CT molecular complexity index is 1510. The molecule has 2 heterocycles. The lowest BCUT2D eigenvalue weighted by Gasteiger charge is -2.13. The van der Waals surface area contributed by atoms with E-state index in [0.717, 1.165) is 44.7 Å². The van der Waals surface area contributed by atoms with E-state index in [0.29, 0.717) is 10.5 Å². The number of carbonyl (C=O) groups is 2. The molecule has 0 unspecified atom stereocenters. The molecule has 1 aliphatic rings. The summed E-state index contributed by atoms with van der Waals surface area (Å²) < 4.78 is 15.5. The molecular weight excluding hydrogens is 471 g/mol. The number of rotatable bonds is 4. The van der Waals surface area contributed by atoms with Gasteiger partial charge in [0.2, 0.25) is 0 Å². The molecule has 0 radical (unpaired) electrons. The van der Waals surface area contributed by atoms with Crippen LogP contribution in [0.25, 0.3) is 22.5 Å². The Hall–Kier alpha value is -3.35. The second-order valence-corrected chi connectivity index (χ2v) is 9.60. The molecule has 2 amide bonds. The molecule has 5 rings (SSSR count). The van der Waals surface area contributed by atoms with Crippen molar-refractivity contribution in [3.8, 4) is 5.69 Å². The molecule has 0 spiro atoms. The van der Waals surface area contributed by atoms with Gasteiger partial charge >= 0.3 is 0 Å². The van der Waals surface area contributed by atoms with Gasteiger partial charge in [-0.05, 0) is 83.9 Å². The van der Waals surface area contributed by atoms with Gasteiger partial charge in [0.25, 0.3) is 11.1 Å². The summed E-state index contributed by atoms with van der Waals surface area (Å²) in [7, 11) is 0. The molecule has 1 saturated heterocycles. The van der Waals surface area contributed by atoms with E-state index in [1.807, 2.05) is 32.0 Å². The van der Waals surface area contributed by atoms with Gasteiger partial charge in [-0.25, -0.2) is 4.39 Å². The molecule has 0 bridgehead atoms. The van der Waals surface area contributed by atoms with Crippen LogP contribution in [0.1, 0.15) is 22.5 Å². The summed E-state index contributed by atoms with van der Waals surface area (Å²) in [5.41, 5.74) is 4.42. The summed E-state index contributed by atoms with van der Waals surface area (Å²) in [5.74, 6) is -0.851. The van der Waals surface area contributed by atoms with Crippen molar-refractivity contribution < 1.29 is 14.0 Å². The lowest BCUT2D eigenvalue weighted by Crippen LogP contribution is -2.27. The minimum Gasteiger partial charge on any atom is -0.318 e. The SMILES string of the molecule is Cc1cc(/C=C2\SC(=O)N(Cc3ccc(F)cc3Cl)C2=O)c(C)n1-c1ccc2ccccc2c1. The van der Waals surface area contributed by atoms with E-state index in [1.54, 1.807) is 6.08 Å². The maximum absolute atomic E-state index is 13.3. The highest BCUT2D eigenvalue weighted by atomic mass is 35.5. The highest BCUT2D eigenvalue weighted by Gasteiger charge is 2.35. The molecule has 1 aromatic heterocycles. The number of hydrogen-bond donors (Lipinski definition) is 0. The molecule has 0 saturated carbocycles. The maximum atomic E-state index is 13.3.